The predicted molar refractivity (Wildman–Crippen MR) is 49.9 cm³/mol. The summed E-state index contributed by atoms with van der Waals surface area (Å²) < 4.78 is 9.77. The largest absolute Gasteiger partial charge is 0.396 e. The molecule has 1 rings (SSSR count). The lowest BCUT2D eigenvalue weighted by atomic mass is 9.85. The number of aliphatic hydroxyl groups is 4. The van der Waals surface area contributed by atoms with Gasteiger partial charge >= 0.3 is 0 Å². The lowest BCUT2D eigenvalue weighted by Gasteiger charge is -2.38. The van der Waals surface area contributed by atoms with Crippen LogP contribution >= 0.6 is 0 Å². The van der Waals surface area contributed by atoms with Crippen LogP contribution in [-0.2, 0) is 9.47 Å². The average molecular weight is 222 g/mol. The second-order valence-electron chi connectivity index (χ2n) is 3.77. The summed E-state index contributed by atoms with van der Waals surface area (Å²) >= 11 is 0. The SMILES string of the molecule is COCC(CO)C1COC(O)C(O)C1O. The fourth-order valence-electron chi connectivity index (χ4n) is 1.77. The second kappa shape index (κ2) is 5.74. The van der Waals surface area contributed by atoms with Gasteiger partial charge in [-0.2, -0.15) is 0 Å². The van der Waals surface area contributed by atoms with Gasteiger partial charge in [-0.05, 0) is 0 Å². The zero-order valence-electron chi connectivity index (χ0n) is 8.61. The van der Waals surface area contributed by atoms with Crippen LogP contribution < -0.4 is 0 Å². The molecule has 0 aromatic carbocycles. The van der Waals surface area contributed by atoms with Gasteiger partial charge in [0, 0.05) is 25.6 Å². The van der Waals surface area contributed by atoms with E-state index in [1.54, 1.807) is 0 Å². The highest BCUT2D eigenvalue weighted by atomic mass is 16.6. The van der Waals surface area contributed by atoms with Gasteiger partial charge in [0.1, 0.15) is 6.10 Å². The molecule has 1 fully saturated rings. The molecule has 0 spiro atoms. The summed E-state index contributed by atoms with van der Waals surface area (Å²) in [5.74, 6) is -0.750. The lowest BCUT2D eigenvalue weighted by molar-refractivity contribution is -0.249. The first-order chi connectivity index (χ1) is 7.11. The predicted octanol–water partition coefficient (Wildman–Crippen LogP) is -2.07. The maximum atomic E-state index is 9.68. The molecule has 0 bridgehead atoms. The number of methoxy groups -OCH3 is 1. The molecule has 1 heterocycles. The Labute approximate surface area is 88.1 Å². The second-order valence-corrected chi connectivity index (χ2v) is 3.77. The molecule has 0 amide bonds. The van der Waals surface area contributed by atoms with Gasteiger partial charge in [-0.1, -0.05) is 0 Å². The zero-order valence-corrected chi connectivity index (χ0v) is 8.61. The maximum absolute atomic E-state index is 9.68. The van der Waals surface area contributed by atoms with Gasteiger partial charge in [-0.25, -0.2) is 0 Å². The Balaban J connectivity index is 2.60. The summed E-state index contributed by atoms with van der Waals surface area (Å²) in [4.78, 5) is 0. The normalized spacial score (nSPS) is 39.0. The number of rotatable bonds is 4. The maximum Gasteiger partial charge on any atom is 0.183 e. The number of hydrogen-bond donors (Lipinski definition) is 4. The summed E-state index contributed by atoms with van der Waals surface area (Å²) in [6.45, 7) is 0.195. The van der Waals surface area contributed by atoms with Gasteiger partial charge < -0.3 is 29.9 Å². The lowest BCUT2D eigenvalue weighted by Crippen LogP contribution is -2.53. The Hall–Kier alpha value is -0.240. The van der Waals surface area contributed by atoms with Crippen LogP contribution in [0.25, 0.3) is 0 Å². The molecule has 4 N–H and O–H groups in total. The summed E-state index contributed by atoms with van der Waals surface area (Å²) in [7, 11) is 1.49. The third-order valence-corrected chi connectivity index (χ3v) is 2.76. The third-order valence-electron chi connectivity index (χ3n) is 2.76. The van der Waals surface area contributed by atoms with Crippen molar-refractivity contribution in [3.63, 3.8) is 0 Å². The van der Waals surface area contributed by atoms with Crippen molar-refractivity contribution >= 4 is 0 Å². The highest BCUT2D eigenvalue weighted by molar-refractivity contribution is 4.86. The van der Waals surface area contributed by atoms with E-state index in [1.807, 2.05) is 0 Å². The topological polar surface area (TPSA) is 99.4 Å². The molecule has 6 nitrogen and oxygen atoms in total. The van der Waals surface area contributed by atoms with E-state index < -0.39 is 24.4 Å². The summed E-state index contributed by atoms with van der Waals surface area (Å²) in [5, 5.41) is 37.3. The first kappa shape index (κ1) is 12.8. The molecule has 5 unspecified atom stereocenters. The Bertz CT molecular complexity index is 185. The highest BCUT2D eigenvalue weighted by Gasteiger charge is 2.40. The van der Waals surface area contributed by atoms with Crippen molar-refractivity contribution in [1.29, 1.82) is 0 Å². The van der Waals surface area contributed by atoms with Crippen LogP contribution in [0, 0.1) is 11.8 Å². The van der Waals surface area contributed by atoms with E-state index in [-0.39, 0.29) is 25.7 Å². The van der Waals surface area contributed by atoms with E-state index in [0.29, 0.717) is 0 Å². The fraction of sp³-hybridized carbons (Fsp3) is 1.00. The molecule has 0 radical (unpaired) electrons. The molecular formula is C9H18O6. The minimum absolute atomic E-state index is 0.0913. The quantitative estimate of drug-likeness (QED) is 0.436. The van der Waals surface area contributed by atoms with E-state index in [0.717, 1.165) is 0 Å². The van der Waals surface area contributed by atoms with Crippen molar-refractivity contribution in [3.8, 4) is 0 Å². The molecule has 6 heteroatoms. The van der Waals surface area contributed by atoms with E-state index in [9.17, 15) is 10.2 Å². The van der Waals surface area contributed by atoms with Crippen LogP contribution in [0.4, 0.5) is 0 Å². The zero-order chi connectivity index (χ0) is 11.4. The third kappa shape index (κ3) is 2.87. The highest BCUT2D eigenvalue weighted by Crippen LogP contribution is 2.25. The van der Waals surface area contributed by atoms with Crippen LogP contribution in [0.2, 0.25) is 0 Å². The molecule has 5 atom stereocenters. The Morgan fingerprint density at radius 3 is 2.53 bits per heavy atom. The van der Waals surface area contributed by atoms with Crippen LogP contribution in [-0.4, -0.2) is 65.9 Å². The standard InChI is InChI=1S/C9H18O6/c1-14-3-5(2-10)6-4-15-9(13)8(12)7(6)11/h5-13H,2-4H2,1H3. The van der Waals surface area contributed by atoms with Crippen molar-refractivity contribution < 1.29 is 29.9 Å². The van der Waals surface area contributed by atoms with Crippen LogP contribution in [0.5, 0.6) is 0 Å². The van der Waals surface area contributed by atoms with E-state index in [4.69, 9.17) is 19.7 Å². The van der Waals surface area contributed by atoms with Crippen molar-refractivity contribution in [2.45, 2.75) is 18.5 Å². The van der Waals surface area contributed by atoms with E-state index in [2.05, 4.69) is 0 Å². The molecule has 90 valence electrons. The molecule has 1 aliphatic rings. The monoisotopic (exact) mass is 222 g/mol. The van der Waals surface area contributed by atoms with Crippen LogP contribution in [0.15, 0.2) is 0 Å². The van der Waals surface area contributed by atoms with Crippen LogP contribution in [0.3, 0.4) is 0 Å². The van der Waals surface area contributed by atoms with Gasteiger partial charge in [-0.3, -0.25) is 0 Å². The van der Waals surface area contributed by atoms with Crippen molar-refractivity contribution in [3.05, 3.63) is 0 Å². The van der Waals surface area contributed by atoms with Gasteiger partial charge in [-0.15, -0.1) is 0 Å². The summed E-state index contributed by atoms with van der Waals surface area (Å²) in [6.07, 6.45) is -3.81. The molecule has 0 aliphatic carbocycles. The fourth-order valence-corrected chi connectivity index (χ4v) is 1.77. The molecule has 1 aliphatic heterocycles. The minimum atomic E-state index is -1.36. The van der Waals surface area contributed by atoms with Crippen LogP contribution in [0.1, 0.15) is 0 Å². The molecular weight excluding hydrogens is 204 g/mol. The smallest absolute Gasteiger partial charge is 0.183 e. The van der Waals surface area contributed by atoms with Crippen molar-refractivity contribution in [2.75, 3.05) is 26.9 Å². The number of hydrogen-bond acceptors (Lipinski definition) is 6. The van der Waals surface area contributed by atoms with Crippen molar-refractivity contribution in [1.82, 2.24) is 0 Å². The molecule has 15 heavy (non-hydrogen) atoms. The van der Waals surface area contributed by atoms with E-state index in [1.165, 1.54) is 7.11 Å². The van der Waals surface area contributed by atoms with Gasteiger partial charge in [0.2, 0.25) is 0 Å². The average Bonchev–Trinajstić information content (AvgIpc) is 2.24. The molecule has 0 aromatic heterocycles. The van der Waals surface area contributed by atoms with Gasteiger partial charge in [0.25, 0.3) is 0 Å². The minimum Gasteiger partial charge on any atom is -0.396 e. The molecule has 0 aromatic rings. The van der Waals surface area contributed by atoms with Gasteiger partial charge in [0.15, 0.2) is 6.29 Å². The Morgan fingerprint density at radius 2 is 2.00 bits per heavy atom. The number of aliphatic hydroxyl groups excluding tert-OH is 4. The Kier molecular flexibility index (Phi) is 4.91. The first-order valence-corrected chi connectivity index (χ1v) is 4.87. The number of ether oxygens (including phenoxy) is 2. The van der Waals surface area contributed by atoms with E-state index >= 15 is 0 Å². The first-order valence-electron chi connectivity index (χ1n) is 4.87. The summed E-state index contributed by atoms with van der Waals surface area (Å²) in [5.41, 5.74) is 0. The van der Waals surface area contributed by atoms with Gasteiger partial charge in [0.05, 0.1) is 19.3 Å². The molecule has 0 saturated carbocycles. The summed E-state index contributed by atoms with van der Waals surface area (Å²) in [6, 6.07) is 0. The molecule has 1 saturated heterocycles. The Morgan fingerprint density at radius 1 is 1.33 bits per heavy atom. The van der Waals surface area contributed by atoms with Crippen molar-refractivity contribution in [2.24, 2.45) is 11.8 Å².